The maximum Gasteiger partial charge on any atom is 0.399 e. The SMILES string of the molecule is Cc1cc(/C=C/C(c2cc(C)c(Cl)c(C)c2)C(F)(F)F)ccc1C(=O)NC(C)(C)c1ccccn1. The van der Waals surface area contributed by atoms with E-state index in [1.807, 2.05) is 26.0 Å². The smallest absolute Gasteiger partial charge is 0.342 e. The van der Waals surface area contributed by atoms with E-state index in [0.29, 0.717) is 32.8 Å². The van der Waals surface area contributed by atoms with Crippen molar-refractivity contribution >= 4 is 23.6 Å². The van der Waals surface area contributed by atoms with Crippen LogP contribution in [0.3, 0.4) is 0 Å². The summed E-state index contributed by atoms with van der Waals surface area (Å²) in [5.74, 6) is -2.06. The third kappa shape index (κ3) is 6.31. The number of nitrogens with one attached hydrogen (secondary N) is 1. The number of amides is 1. The van der Waals surface area contributed by atoms with E-state index in [2.05, 4.69) is 10.3 Å². The lowest BCUT2D eigenvalue weighted by Gasteiger charge is -2.26. The van der Waals surface area contributed by atoms with Gasteiger partial charge in [0.1, 0.15) is 0 Å². The Balaban J connectivity index is 1.84. The van der Waals surface area contributed by atoms with Gasteiger partial charge in [-0.25, -0.2) is 0 Å². The highest BCUT2D eigenvalue weighted by atomic mass is 35.5. The van der Waals surface area contributed by atoms with Gasteiger partial charge in [0.2, 0.25) is 0 Å². The molecular formula is C28H28ClF3N2O. The van der Waals surface area contributed by atoms with E-state index in [1.165, 1.54) is 18.2 Å². The second-order valence-electron chi connectivity index (χ2n) is 9.22. The zero-order valence-corrected chi connectivity index (χ0v) is 21.1. The van der Waals surface area contributed by atoms with Crippen molar-refractivity contribution in [2.24, 2.45) is 0 Å². The quantitative estimate of drug-likeness (QED) is 0.377. The van der Waals surface area contributed by atoms with Gasteiger partial charge >= 0.3 is 6.18 Å². The molecule has 0 fully saturated rings. The molecule has 35 heavy (non-hydrogen) atoms. The number of nitrogens with zero attached hydrogens (tertiary/aromatic N) is 1. The summed E-state index contributed by atoms with van der Waals surface area (Å²) in [6.07, 6.45) is -0.226. The number of pyridine rings is 1. The Morgan fingerprint density at radius 2 is 1.66 bits per heavy atom. The van der Waals surface area contributed by atoms with Gasteiger partial charge in [-0.15, -0.1) is 0 Å². The van der Waals surface area contributed by atoms with Crippen LogP contribution in [-0.4, -0.2) is 17.1 Å². The number of aryl methyl sites for hydroxylation is 3. The fraction of sp³-hybridized carbons (Fsp3) is 0.286. The van der Waals surface area contributed by atoms with Crippen LogP contribution in [0.5, 0.6) is 0 Å². The maximum atomic E-state index is 13.9. The van der Waals surface area contributed by atoms with Crippen LogP contribution >= 0.6 is 11.6 Å². The van der Waals surface area contributed by atoms with Crippen LogP contribution in [0.25, 0.3) is 6.08 Å². The summed E-state index contributed by atoms with van der Waals surface area (Å²) in [6.45, 7) is 8.86. The standard InChI is InChI=1S/C28H28ClF3N2O/c1-17-14-20(9-11-22(17)26(35)34-27(4,5)24-8-6-7-13-33-24)10-12-23(28(30,31)32)21-15-18(2)25(29)19(3)16-21/h6-16,23H,1-5H3,(H,34,35)/b12-10+. The number of alkyl halides is 3. The minimum atomic E-state index is -4.46. The molecule has 0 saturated carbocycles. The van der Waals surface area contributed by atoms with Gasteiger partial charge in [0, 0.05) is 16.8 Å². The summed E-state index contributed by atoms with van der Waals surface area (Å²) in [5, 5.41) is 3.44. The molecule has 1 heterocycles. The molecule has 184 valence electrons. The average molecular weight is 501 g/mol. The summed E-state index contributed by atoms with van der Waals surface area (Å²) in [7, 11) is 0. The zero-order valence-electron chi connectivity index (χ0n) is 20.3. The van der Waals surface area contributed by atoms with Gasteiger partial charge < -0.3 is 5.32 Å². The van der Waals surface area contributed by atoms with Crippen molar-refractivity contribution < 1.29 is 18.0 Å². The van der Waals surface area contributed by atoms with Crippen LogP contribution in [0.1, 0.15) is 63.6 Å². The molecule has 0 radical (unpaired) electrons. The third-order valence-electron chi connectivity index (χ3n) is 5.88. The van der Waals surface area contributed by atoms with Gasteiger partial charge in [-0.05, 0) is 80.6 Å². The van der Waals surface area contributed by atoms with E-state index in [4.69, 9.17) is 11.6 Å². The molecule has 2 aromatic carbocycles. The summed E-state index contributed by atoms with van der Waals surface area (Å²) >= 11 is 6.14. The van der Waals surface area contributed by atoms with Gasteiger partial charge in [0.25, 0.3) is 5.91 Å². The van der Waals surface area contributed by atoms with Crippen molar-refractivity contribution in [3.63, 3.8) is 0 Å². The molecule has 0 aliphatic carbocycles. The highest BCUT2D eigenvalue weighted by Crippen LogP contribution is 2.38. The molecule has 1 amide bonds. The lowest BCUT2D eigenvalue weighted by molar-refractivity contribution is -0.139. The van der Waals surface area contributed by atoms with Gasteiger partial charge in [-0.2, -0.15) is 13.2 Å². The van der Waals surface area contributed by atoms with Crippen molar-refractivity contribution in [1.82, 2.24) is 10.3 Å². The fourth-order valence-electron chi connectivity index (χ4n) is 3.97. The Morgan fingerprint density at radius 1 is 1.00 bits per heavy atom. The zero-order chi connectivity index (χ0) is 26.0. The molecule has 0 spiro atoms. The van der Waals surface area contributed by atoms with E-state index in [0.717, 1.165) is 11.8 Å². The maximum absolute atomic E-state index is 13.9. The number of hydrogen-bond acceptors (Lipinski definition) is 2. The Bertz CT molecular complexity index is 1230. The lowest BCUT2D eigenvalue weighted by atomic mass is 9.93. The molecular weight excluding hydrogens is 473 g/mol. The first-order valence-electron chi connectivity index (χ1n) is 11.2. The molecule has 1 unspecified atom stereocenters. The lowest BCUT2D eigenvalue weighted by Crippen LogP contribution is -2.41. The molecule has 7 heteroatoms. The average Bonchev–Trinajstić information content (AvgIpc) is 2.77. The highest BCUT2D eigenvalue weighted by molar-refractivity contribution is 6.32. The number of carbonyl (C=O) groups is 1. The topological polar surface area (TPSA) is 42.0 Å². The number of aromatic nitrogens is 1. The van der Waals surface area contributed by atoms with Crippen LogP contribution < -0.4 is 5.32 Å². The first-order valence-corrected chi connectivity index (χ1v) is 11.5. The van der Waals surface area contributed by atoms with Crippen molar-refractivity contribution in [1.29, 1.82) is 0 Å². The Labute approximate surface area is 209 Å². The molecule has 0 aliphatic rings. The van der Waals surface area contributed by atoms with Gasteiger partial charge in [-0.1, -0.05) is 54.1 Å². The van der Waals surface area contributed by atoms with Crippen LogP contribution in [0.15, 0.2) is 60.8 Å². The summed E-state index contributed by atoms with van der Waals surface area (Å²) in [4.78, 5) is 17.2. The van der Waals surface area contributed by atoms with E-state index >= 15 is 0 Å². The van der Waals surface area contributed by atoms with Crippen LogP contribution in [0, 0.1) is 20.8 Å². The van der Waals surface area contributed by atoms with Crippen LogP contribution in [0.4, 0.5) is 13.2 Å². The molecule has 3 nitrogen and oxygen atoms in total. The minimum absolute atomic E-state index is 0.137. The second kappa shape index (κ2) is 10.2. The van der Waals surface area contributed by atoms with Crippen molar-refractivity contribution in [3.05, 3.63) is 105 Å². The van der Waals surface area contributed by atoms with Crippen molar-refractivity contribution in [2.75, 3.05) is 0 Å². The molecule has 1 N–H and O–H groups in total. The molecule has 3 aromatic rings. The van der Waals surface area contributed by atoms with Crippen LogP contribution in [-0.2, 0) is 5.54 Å². The molecule has 0 bridgehead atoms. The van der Waals surface area contributed by atoms with Gasteiger partial charge in [0.05, 0.1) is 17.2 Å². The third-order valence-corrected chi connectivity index (χ3v) is 6.47. The summed E-state index contributed by atoms with van der Waals surface area (Å²) in [5.41, 5.74) is 3.03. The first-order chi connectivity index (χ1) is 16.3. The van der Waals surface area contributed by atoms with E-state index in [1.54, 1.807) is 51.2 Å². The minimum Gasteiger partial charge on any atom is -0.342 e. The van der Waals surface area contributed by atoms with Crippen molar-refractivity contribution in [2.45, 2.75) is 52.3 Å². The first kappa shape index (κ1) is 26.5. The van der Waals surface area contributed by atoms with Crippen molar-refractivity contribution in [3.8, 4) is 0 Å². The Hall–Kier alpha value is -3.12. The fourth-order valence-corrected chi connectivity index (χ4v) is 4.08. The van der Waals surface area contributed by atoms with Gasteiger partial charge in [0.15, 0.2) is 0 Å². The summed E-state index contributed by atoms with van der Waals surface area (Å²) in [6, 6.07) is 13.4. The monoisotopic (exact) mass is 500 g/mol. The number of rotatable bonds is 6. The molecule has 0 saturated heterocycles. The van der Waals surface area contributed by atoms with E-state index in [9.17, 15) is 18.0 Å². The molecule has 3 rings (SSSR count). The largest absolute Gasteiger partial charge is 0.399 e. The molecule has 1 aromatic heterocycles. The number of hydrogen-bond donors (Lipinski definition) is 1. The normalized spacial score (nSPS) is 13.2. The molecule has 1 atom stereocenters. The Morgan fingerprint density at radius 3 is 2.20 bits per heavy atom. The number of carbonyl (C=O) groups excluding carboxylic acids is 1. The molecule has 0 aliphatic heterocycles. The predicted octanol–water partition coefficient (Wildman–Crippen LogP) is 7.68. The Kier molecular flexibility index (Phi) is 7.75. The van der Waals surface area contributed by atoms with Gasteiger partial charge in [-0.3, -0.25) is 9.78 Å². The van der Waals surface area contributed by atoms with E-state index < -0.39 is 17.6 Å². The predicted molar refractivity (Wildman–Crippen MR) is 135 cm³/mol. The highest BCUT2D eigenvalue weighted by Gasteiger charge is 2.39. The van der Waals surface area contributed by atoms with Crippen LogP contribution in [0.2, 0.25) is 5.02 Å². The number of allylic oxidation sites excluding steroid dienone is 1. The van der Waals surface area contributed by atoms with E-state index in [-0.39, 0.29) is 11.5 Å². The number of halogens is 4. The second-order valence-corrected chi connectivity index (χ2v) is 9.59. The summed E-state index contributed by atoms with van der Waals surface area (Å²) < 4.78 is 41.6. The number of benzene rings is 2.